The van der Waals surface area contributed by atoms with Crippen LogP contribution in [0.15, 0.2) is 18.5 Å². The lowest BCUT2D eigenvalue weighted by atomic mass is 9.92. The number of carbonyl (C=O) groups excluding carboxylic acids is 1. The molecule has 2 fully saturated rings. The standard InChI is InChI=1S/C19H24N6O5/c20-8-19(14-4-3-12-18(22)23-9-24-25(12)14)17(28)16(27)13(30-19)7-29-15(26)6-10-1-2-11(21)5-10/h3-4,9-11,13,16-17,27-28H,1-2,5-7,21H2,(H2,22,23,24)/t10?,11?,13-,16-,17-,19+/m1/s1. The van der Waals surface area contributed by atoms with Gasteiger partial charge >= 0.3 is 5.97 Å². The first-order valence-electron chi connectivity index (χ1n) is 9.81. The zero-order valence-electron chi connectivity index (χ0n) is 16.2. The third kappa shape index (κ3) is 3.37. The minimum absolute atomic E-state index is 0.115. The Morgan fingerprint density at radius 2 is 2.23 bits per heavy atom. The fourth-order valence-electron chi connectivity index (χ4n) is 4.32. The SMILES string of the molecule is N#C[C@@]1(c2ccc3c(N)ncnn23)O[C@H](COC(=O)CC2CCC(N)C2)[C@@H](O)[C@H]1O. The lowest BCUT2D eigenvalue weighted by Crippen LogP contribution is -2.41. The third-order valence-electron chi connectivity index (χ3n) is 5.93. The molecule has 0 spiro atoms. The number of rotatable bonds is 5. The average Bonchev–Trinajstić information content (AvgIpc) is 3.40. The van der Waals surface area contributed by atoms with Crippen LogP contribution in [0.5, 0.6) is 0 Å². The predicted octanol–water partition coefficient (Wildman–Crippen LogP) is -0.788. The number of nitrogens with two attached hydrogens (primary N) is 2. The summed E-state index contributed by atoms with van der Waals surface area (Å²) in [6.07, 6.45) is -0.125. The summed E-state index contributed by atoms with van der Waals surface area (Å²) in [6.45, 7) is -0.292. The summed E-state index contributed by atoms with van der Waals surface area (Å²) in [5.41, 5.74) is 10.4. The Morgan fingerprint density at radius 3 is 2.93 bits per heavy atom. The van der Waals surface area contributed by atoms with Crippen molar-refractivity contribution < 1.29 is 24.5 Å². The molecule has 11 heteroatoms. The van der Waals surface area contributed by atoms with Crippen LogP contribution in [0, 0.1) is 17.2 Å². The van der Waals surface area contributed by atoms with E-state index in [-0.39, 0.29) is 36.5 Å². The number of aliphatic hydroxyl groups is 2. The molecule has 3 heterocycles. The molecule has 6 N–H and O–H groups in total. The number of aromatic nitrogens is 3. The number of ether oxygens (including phenoxy) is 2. The summed E-state index contributed by atoms with van der Waals surface area (Å²) in [5, 5.41) is 35.1. The second-order valence-electron chi connectivity index (χ2n) is 7.93. The summed E-state index contributed by atoms with van der Waals surface area (Å²) in [5.74, 6) is -0.0556. The monoisotopic (exact) mass is 416 g/mol. The second kappa shape index (κ2) is 7.81. The van der Waals surface area contributed by atoms with Crippen LogP contribution in [0.4, 0.5) is 5.82 Å². The summed E-state index contributed by atoms with van der Waals surface area (Å²) < 4.78 is 12.4. The van der Waals surface area contributed by atoms with E-state index in [2.05, 4.69) is 10.1 Å². The molecule has 1 saturated carbocycles. The summed E-state index contributed by atoms with van der Waals surface area (Å²) >= 11 is 0. The lowest BCUT2D eigenvalue weighted by molar-refractivity contribution is -0.151. The number of nitrogens with zero attached hydrogens (tertiary/aromatic N) is 4. The van der Waals surface area contributed by atoms with E-state index in [1.165, 1.54) is 16.9 Å². The van der Waals surface area contributed by atoms with Crippen molar-refractivity contribution >= 4 is 17.3 Å². The van der Waals surface area contributed by atoms with Crippen LogP contribution in [0.1, 0.15) is 31.4 Å². The quantitative estimate of drug-likeness (QED) is 0.451. The van der Waals surface area contributed by atoms with Gasteiger partial charge in [-0.25, -0.2) is 9.50 Å². The normalized spacial score (nSPS) is 33.6. The first kappa shape index (κ1) is 20.5. The van der Waals surface area contributed by atoms with Crippen molar-refractivity contribution in [1.29, 1.82) is 5.26 Å². The fraction of sp³-hybridized carbons (Fsp3) is 0.579. The van der Waals surface area contributed by atoms with Gasteiger partial charge in [-0.2, -0.15) is 10.4 Å². The number of esters is 1. The molecule has 6 atom stereocenters. The van der Waals surface area contributed by atoms with Gasteiger partial charge in [0, 0.05) is 12.5 Å². The van der Waals surface area contributed by atoms with Gasteiger partial charge < -0.3 is 31.2 Å². The average molecular weight is 416 g/mol. The van der Waals surface area contributed by atoms with Crippen molar-refractivity contribution in [3.63, 3.8) is 0 Å². The summed E-state index contributed by atoms with van der Waals surface area (Å²) in [6, 6.07) is 5.17. The van der Waals surface area contributed by atoms with E-state index in [9.17, 15) is 20.3 Å². The van der Waals surface area contributed by atoms with Gasteiger partial charge in [0.25, 0.3) is 0 Å². The van der Waals surface area contributed by atoms with Gasteiger partial charge in [-0.05, 0) is 37.3 Å². The molecule has 2 aromatic heterocycles. The van der Waals surface area contributed by atoms with Crippen LogP contribution in [0.2, 0.25) is 0 Å². The smallest absolute Gasteiger partial charge is 0.306 e. The van der Waals surface area contributed by atoms with Gasteiger partial charge in [0.05, 0.1) is 5.69 Å². The Bertz CT molecular complexity index is 989. The number of carbonyl (C=O) groups is 1. The zero-order chi connectivity index (χ0) is 21.5. The van der Waals surface area contributed by atoms with Crippen LogP contribution < -0.4 is 11.5 Å². The second-order valence-corrected chi connectivity index (χ2v) is 7.93. The Kier molecular flexibility index (Phi) is 5.33. The van der Waals surface area contributed by atoms with Crippen LogP contribution in [0.3, 0.4) is 0 Å². The molecular formula is C19H24N6O5. The molecule has 0 radical (unpaired) electrons. The first-order chi connectivity index (χ1) is 14.4. The van der Waals surface area contributed by atoms with Crippen LogP contribution >= 0.6 is 0 Å². The molecule has 2 aromatic rings. The summed E-state index contributed by atoms with van der Waals surface area (Å²) in [4.78, 5) is 16.0. The van der Waals surface area contributed by atoms with Crippen molar-refractivity contribution in [2.75, 3.05) is 12.3 Å². The highest BCUT2D eigenvalue weighted by molar-refractivity contribution is 5.69. The lowest BCUT2D eigenvalue weighted by Gasteiger charge is -2.24. The molecule has 2 aliphatic rings. The fourth-order valence-corrected chi connectivity index (χ4v) is 4.32. The number of nitriles is 1. The van der Waals surface area contributed by atoms with Gasteiger partial charge in [0.1, 0.15) is 42.8 Å². The maximum atomic E-state index is 12.2. The Hall–Kier alpha value is -2.78. The van der Waals surface area contributed by atoms with E-state index in [4.69, 9.17) is 20.9 Å². The molecule has 1 aliphatic carbocycles. The molecule has 30 heavy (non-hydrogen) atoms. The van der Waals surface area contributed by atoms with Gasteiger partial charge in [-0.15, -0.1) is 0 Å². The van der Waals surface area contributed by atoms with Gasteiger partial charge in [-0.3, -0.25) is 4.79 Å². The number of aliphatic hydroxyl groups excluding tert-OH is 2. The number of anilines is 1. The van der Waals surface area contributed by atoms with Crippen molar-refractivity contribution in [2.45, 2.75) is 55.6 Å². The number of hydrogen-bond acceptors (Lipinski definition) is 10. The molecule has 1 aliphatic heterocycles. The van der Waals surface area contributed by atoms with Gasteiger partial charge in [-0.1, -0.05) is 0 Å². The molecule has 2 unspecified atom stereocenters. The topological polar surface area (TPSA) is 182 Å². The number of fused-ring (bicyclic) bond motifs is 1. The highest BCUT2D eigenvalue weighted by atomic mass is 16.6. The van der Waals surface area contributed by atoms with Crippen molar-refractivity contribution in [1.82, 2.24) is 14.6 Å². The van der Waals surface area contributed by atoms with Crippen molar-refractivity contribution in [3.8, 4) is 6.07 Å². The molecule has 11 nitrogen and oxygen atoms in total. The maximum Gasteiger partial charge on any atom is 0.306 e. The van der Waals surface area contributed by atoms with Crippen LogP contribution in [-0.2, 0) is 19.9 Å². The predicted molar refractivity (Wildman–Crippen MR) is 102 cm³/mol. The zero-order valence-corrected chi connectivity index (χ0v) is 16.2. The largest absolute Gasteiger partial charge is 0.463 e. The van der Waals surface area contributed by atoms with E-state index in [1.807, 2.05) is 6.07 Å². The molecule has 160 valence electrons. The highest BCUT2D eigenvalue weighted by Crippen LogP contribution is 2.40. The van der Waals surface area contributed by atoms with Crippen LogP contribution in [-0.4, -0.2) is 61.7 Å². The molecule has 0 amide bonds. The van der Waals surface area contributed by atoms with E-state index < -0.39 is 29.9 Å². The molecule has 0 aromatic carbocycles. The highest BCUT2D eigenvalue weighted by Gasteiger charge is 2.57. The van der Waals surface area contributed by atoms with Crippen LogP contribution in [0.25, 0.3) is 5.52 Å². The van der Waals surface area contributed by atoms with E-state index >= 15 is 0 Å². The molecule has 4 rings (SSSR count). The minimum atomic E-state index is -1.91. The van der Waals surface area contributed by atoms with E-state index in [1.54, 1.807) is 6.07 Å². The molecule has 0 bridgehead atoms. The Morgan fingerprint density at radius 1 is 1.43 bits per heavy atom. The Balaban J connectivity index is 1.49. The van der Waals surface area contributed by atoms with Gasteiger partial charge in [0.2, 0.25) is 5.60 Å². The van der Waals surface area contributed by atoms with Gasteiger partial charge in [0.15, 0.2) is 5.82 Å². The van der Waals surface area contributed by atoms with E-state index in [0.29, 0.717) is 5.52 Å². The summed E-state index contributed by atoms with van der Waals surface area (Å²) in [7, 11) is 0. The first-order valence-corrected chi connectivity index (χ1v) is 9.81. The maximum absolute atomic E-state index is 12.2. The Labute approximate surface area is 172 Å². The van der Waals surface area contributed by atoms with E-state index in [0.717, 1.165) is 19.3 Å². The minimum Gasteiger partial charge on any atom is -0.463 e. The molecule has 1 saturated heterocycles. The van der Waals surface area contributed by atoms with Crippen molar-refractivity contribution in [2.24, 2.45) is 11.7 Å². The number of hydrogen-bond donors (Lipinski definition) is 4. The number of nitrogen functional groups attached to an aromatic ring is 1. The third-order valence-corrected chi connectivity index (χ3v) is 5.93. The van der Waals surface area contributed by atoms with Crippen molar-refractivity contribution in [3.05, 3.63) is 24.2 Å². The molecular weight excluding hydrogens is 392 g/mol.